The molecule has 0 radical (unpaired) electrons. The van der Waals surface area contributed by atoms with Crippen molar-refractivity contribution in [3.8, 4) is 11.5 Å². The summed E-state index contributed by atoms with van der Waals surface area (Å²) in [7, 11) is 0. The second-order valence-electron chi connectivity index (χ2n) is 3.96. The van der Waals surface area contributed by atoms with Crippen LogP contribution in [0.1, 0.15) is 15.9 Å². The Morgan fingerprint density at radius 2 is 1.84 bits per heavy atom. The summed E-state index contributed by atoms with van der Waals surface area (Å²) in [5.74, 6) is -0.420. The van der Waals surface area contributed by atoms with Crippen molar-refractivity contribution in [3.05, 3.63) is 53.6 Å². The lowest BCUT2D eigenvalue weighted by Crippen LogP contribution is -2.01. The minimum Gasteiger partial charge on any atom is -0.478 e. The van der Waals surface area contributed by atoms with Crippen LogP contribution in [-0.4, -0.2) is 16.2 Å². The minimum absolute atomic E-state index is 0.0421. The second-order valence-corrected chi connectivity index (χ2v) is 3.96. The molecule has 0 atom stereocenters. The van der Waals surface area contributed by atoms with E-state index >= 15 is 0 Å². The van der Waals surface area contributed by atoms with Crippen LogP contribution in [0.25, 0.3) is 0 Å². The molecular weight excluding hydrogens is 246 g/mol. The number of aliphatic hydroxyl groups is 1. The van der Waals surface area contributed by atoms with Gasteiger partial charge in [-0.05, 0) is 29.8 Å². The molecule has 0 fully saturated rings. The molecule has 0 spiro atoms. The number of aromatic carboxylic acids is 1. The molecule has 5 heteroatoms. The van der Waals surface area contributed by atoms with Gasteiger partial charge in [0.2, 0.25) is 0 Å². The van der Waals surface area contributed by atoms with Crippen molar-refractivity contribution in [3.63, 3.8) is 0 Å². The van der Waals surface area contributed by atoms with E-state index in [4.69, 9.17) is 20.7 Å². The van der Waals surface area contributed by atoms with E-state index in [2.05, 4.69) is 0 Å². The molecule has 4 N–H and O–H groups in total. The number of benzene rings is 2. The number of anilines is 1. The molecule has 19 heavy (non-hydrogen) atoms. The van der Waals surface area contributed by atoms with E-state index in [0.717, 1.165) is 5.56 Å². The number of nitrogens with two attached hydrogens (primary N) is 1. The van der Waals surface area contributed by atoms with Crippen LogP contribution in [0.3, 0.4) is 0 Å². The number of hydrogen-bond donors (Lipinski definition) is 3. The van der Waals surface area contributed by atoms with Crippen LogP contribution in [0.2, 0.25) is 0 Å². The number of rotatable bonds is 4. The Labute approximate surface area is 109 Å². The summed E-state index contributed by atoms with van der Waals surface area (Å²) < 4.78 is 5.51. The molecular formula is C14H13NO4. The summed E-state index contributed by atoms with van der Waals surface area (Å²) >= 11 is 0. The molecule has 0 saturated carbocycles. The summed E-state index contributed by atoms with van der Waals surface area (Å²) in [6.07, 6.45) is 0. The van der Waals surface area contributed by atoms with Crippen LogP contribution in [0.5, 0.6) is 11.5 Å². The molecule has 98 valence electrons. The number of aliphatic hydroxyl groups excluding tert-OH is 1. The van der Waals surface area contributed by atoms with Crippen molar-refractivity contribution < 1.29 is 19.7 Å². The van der Waals surface area contributed by atoms with Crippen LogP contribution < -0.4 is 10.5 Å². The first-order valence-electron chi connectivity index (χ1n) is 5.60. The average Bonchev–Trinajstić information content (AvgIpc) is 2.39. The van der Waals surface area contributed by atoms with Gasteiger partial charge in [0, 0.05) is 11.8 Å². The van der Waals surface area contributed by atoms with Gasteiger partial charge in [-0.1, -0.05) is 12.1 Å². The van der Waals surface area contributed by atoms with Crippen molar-refractivity contribution in [1.29, 1.82) is 0 Å². The third kappa shape index (κ3) is 3.02. The molecule has 2 aromatic carbocycles. The zero-order chi connectivity index (χ0) is 13.8. The zero-order valence-corrected chi connectivity index (χ0v) is 10.0. The fraction of sp³-hybridized carbons (Fsp3) is 0.0714. The molecule has 0 unspecified atom stereocenters. The summed E-state index contributed by atoms with van der Waals surface area (Å²) in [6, 6.07) is 11.1. The number of nitrogen functional groups attached to an aromatic ring is 1. The highest BCUT2D eigenvalue weighted by Gasteiger charge is 2.12. The Morgan fingerprint density at radius 3 is 2.42 bits per heavy atom. The fourth-order valence-electron chi connectivity index (χ4n) is 1.59. The van der Waals surface area contributed by atoms with Gasteiger partial charge in [-0.15, -0.1) is 0 Å². The van der Waals surface area contributed by atoms with E-state index in [1.54, 1.807) is 24.3 Å². The van der Waals surface area contributed by atoms with Crippen molar-refractivity contribution in [2.75, 3.05) is 5.73 Å². The first-order chi connectivity index (χ1) is 9.10. The maximum atomic E-state index is 11.1. The number of ether oxygens (including phenoxy) is 1. The summed E-state index contributed by atoms with van der Waals surface area (Å²) in [5, 5.41) is 18.0. The van der Waals surface area contributed by atoms with Gasteiger partial charge in [0.05, 0.1) is 6.61 Å². The highest BCUT2D eigenvalue weighted by Crippen LogP contribution is 2.27. The SMILES string of the molecule is Nc1ccc(C(=O)O)c(Oc2ccc(CO)cc2)c1. The molecule has 5 nitrogen and oxygen atoms in total. The predicted octanol–water partition coefficient (Wildman–Crippen LogP) is 2.25. The smallest absolute Gasteiger partial charge is 0.339 e. The van der Waals surface area contributed by atoms with Crippen LogP contribution in [0.15, 0.2) is 42.5 Å². The summed E-state index contributed by atoms with van der Waals surface area (Å²) in [6.45, 7) is -0.0566. The van der Waals surface area contributed by atoms with Gasteiger partial charge in [0.1, 0.15) is 17.1 Å². The quantitative estimate of drug-likeness (QED) is 0.732. The van der Waals surface area contributed by atoms with Gasteiger partial charge in [0.15, 0.2) is 0 Å². The Kier molecular flexibility index (Phi) is 3.68. The van der Waals surface area contributed by atoms with E-state index in [0.29, 0.717) is 11.4 Å². The first-order valence-corrected chi connectivity index (χ1v) is 5.60. The summed E-state index contributed by atoms with van der Waals surface area (Å²) in [4.78, 5) is 11.1. The van der Waals surface area contributed by atoms with Crippen LogP contribution in [0.4, 0.5) is 5.69 Å². The fourth-order valence-corrected chi connectivity index (χ4v) is 1.59. The van der Waals surface area contributed by atoms with Gasteiger partial charge in [-0.3, -0.25) is 0 Å². The van der Waals surface area contributed by atoms with Crippen LogP contribution >= 0.6 is 0 Å². The Bertz CT molecular complexity index is 593. The first kappa shape index (κ1) is 12.9. The number of hydrogen-bond acceptors (Lipinski definition) is 4. The van der Waals surface area contributed by atoms with E-state index in [-0.39, 0.29) is 17.9 Å². The molecule has 0 bridgehead atoms. The van der Waals surface area contributed by atoms with E-state index < -0.39 is 5.97 Å². The van der Waals surface area contributed by atoms with Crippen molar-refractivity contribution in [2.45, 2.75) is 6.61 Å². The van der Waals surface area contributed by atoms with Crippen molar-refractivity contribution in [2.24, 2.45) is 0 Å². The lowest BCUT2D eigenvalue weighted by molar-refractivity contribution is 0.0694. The van der Waals surface area contributed by atoms with Crippen LogP contribution in [0, 0.1) is 0 Å². The molecule has 0 aliphatic carbocycles. The monoisotopic (exact) mass is 259 g/mol. The predicted molar refractivity (Wildman–Crippen MR) is 70.3 cm³/mol. The normalized spacial score (nSPS) is 10.2. The Morgan fingerprint density at radius 1 is 1.16 bits per heavy atom. The lowest BCUT2D eigenvalue weighted by Gasteiger charge is -2.09. The topological polar surface area (TPSA) is 92.8 Å². The summed E-state index contributed by atoms with van der Waals surface area (Å²) in [5.41, 5.74) is 6.83. The highest BCUT2D eigenvalue weighted by atomic mass is 16.5. The maximum Gasteiger partial charge on any atom is 0.339 e. The molecule has 2 aromatic rings. The van der Waals surface area contributed by atoms with Gasteiger partial charge in [0.25, 0.3) is 0 Å². The maximum absolute atomic E-state index is 11.1. The Hall–Kier alpha value is -2.53. The number of carboxylic acid groups (broad SMARTS) is 1. The van der Waals surface area contributed by atoms with E-state index in [1.165, 1.54) is 18.2 Å². The van der Waals surface area contributed by atoms with Gasteiger partial charge < -0.3 is 20.7 Å². The Balaban J connectivity index is 2.31. The molecule has 0 aliphatic rings. The molecule has 0 aliphatic heterocycles. The third-order valence-electron chi connectivity index (χ3n) is 2.57. The molecule has 2 rings (SSSR count). The van der Waals surface area contributed by atoms with E-state index in [1.807, 2.05) is 0 Å². The molecule has 0 amide bonds. The number of carbonyl (C=O) groups is 1. The second kappa shape index (κ2) is 5.41. The van der Waals surface area contributed by atoms with Gasteiger partial charge >= 0.3 is 5.97 Å². The number of carboxylic acids is 1. The van der Waals surface area contributed by atoms with Crippen molar-refractivity contribution >= 4 is 11.7 Å². The largest absolute Gasteiger partial charge is 0.478 e. The van der Waals surface area contributed by atoms with Gasteiger partial charge in [-0.25, -0.2) is 4.79 Å². The molecule has 0 aromatic heterocycles. The van der Waals surface area contributed by atoms with E-state index in [9.17, 15) is 4.79 Å². The molecule has 0 heterocycles. The van der Waals surface area contributed by atoms with Gasteiger partial charge in [-0.2, -0.15) is 0 Å². The lowest BCUT2D eigenvalue weighted by atomic mass is 10.2. The third-order valence-corrected chi connectivity index (χ3v) is 2.57. The molecule has 0 saturated heterocycles. The van der Waals surface area contributed by atoms with Crippen molar-refractivity contribution in [1.82, 2.24) is 0 Å². The average molecular weight is 259 g/mol. The zero-order valence-electron chi connectivity index (χ0n) is 10.0. The highest BCUT2D eigenvalue weighted by molar-refractivity contribution is 5.91. The van der Waals surface area contributed by atoms with Crippen LogP contribution in [-0.2, 0) is 6.61 Å². The standard InChI is InChI=1S/C14H13NO4/c15-10-3-6-12(14(17)18)13(7-10)19-11-4-1-9(8-16)2-5-11/h1-7,16H,8,15H2,(H,17,18). The minimum atomic E-state index is -1.08.